The van der Waals surface area contributed by atoms with Crippen molar-refractivity contribution in [3.8, 4) is 0 Å². The molecule has 1 aliphatic carbocycles. The summed E-state index contributed by atoms with van der Waals surface area (Å²) in [6, 6.07) is 3.95. The maximum atomic E-state index is 5.81. The first kappa shape index (κ1) is 10.3. The van der Waals surface area contributed by atoms with Crippen LogP contribution in [-0.4, -0.2) is 18.1 Å². The highest BCUT2D eigenvalue weighted by molar-refractivity contribution is 6.29. The molecule has 0 aromatic carbocycles. The Morgan fingerprint density at radius 3 is 3.06 bits per heavy atom. The van der Waals surface area contributed by atoms with E-state index < -0.39 is 0 Å². The van der Waals surface area contributed by atoms with E-state index in [-0.39, 0.29) is 0 Å². The normalized spacial score (nSPS) is 28.7. The third-order valence-electron chi connectivity index (χ3n) is 3.61. The number of piperidine rings is 1. The predicted molar refractivity (Wildman–Crippen MR) is 66.3 cm³/mol. The van der Waals surface area contributed by atoms with Crippen LogP contribution in [-0.2, 0) is 0 Å². The van der Waals surface area contributed by atoms with Crippen LogP contribution >= 0.6 is 11.6 Å². The van der Waals surface area contributed by atoms with E-state index in [0.717, 1.165) is 12.5 Å². The highest BCUT2D eigenvalue weighted by Gasteiger charge is 2.28. The molecule has 0 saturated carbocycles. The van der Waals surface area contributed by atoms with Crippen molar-refractivity contribution in [2.24, 2.45) is 11.8 Å². The minimum atomic E-state index is 0.569. The summed E-state index contributed by atoms with van der Waals surface area (Å²) in [6.45, 7) is 2.28. The fourth-order valence-electron chi connectivity index (χ4n) is 2.81. The fraction of sp³-hybridized carbons (Fsp3) is 0.462. The van der Waals surface area contributed by atoms with Gasteiger partial charge in [0.2, 0.25) is 0 Å². The van der Waals surface area contributed by atoms with Gasteiger partial charge in [0.25, 0.3) is 0 Å². The first-order valence-electron chi connectivity index (χ1n) is 5.85. The van der Waals surface area contributed by atoms with Gasteiger partial charge in [-0.1, -0.05) is 23.7 Å². The summed E-state index contributed by atoms with van der Waals surface area (Å²) in [6.07, 6.45) is 6.80. The smallest absolute Gasteiger partial charge is 0.129 e. The molecule has 3 heteroatoms. The van der Waals surface area contributed by atoms with Gasteiger partial charge in [0.05, 0.1) is 0 Å². The van der Waals surface area contributed by atoms with E-state index in [1.807, 2.05) is 12.3 Å². The van der Waals surface area contributed by atoms with Gasteiger partial charge in [-0.2, -0.15) is 0 Å². The maximum absolute atomic E-state index is 5.81. The largest absolute Gasteiger partial charge is 0.316 e. The highest BCUT2D eigenvalue weighted by Crippen LogP contribution is 2.36. The molecular formula is C13H15ClN2. The van der Waals surface area contributed by atoms with Gasteiger partial charge in [-0.15, -0.1) is 0 Å². The van der Waals surface area contributed by atoms with E-state index in [2.05, 4.69) is 22.4 Å². The summed E-state index contributed by atoms with van der Waals surface area (Å²) in [4.78, 5) is 4.16. The molecule has 0 amide bonds. The molecule has 3 rings (SSSR count). The molecule has 1 aromatic rings. The first-order valence-corrected chi connectivity index (χ1v) is 6.23. The van der Waals surface area contributed by atoms with Crippen LogP contribution in [0.2, 0.25) is 5.15 Å². The van der Waals surface area contributed by atoms with E-state index in [1.54, 1.807) is 0 Å². The zero-order chi connectivity index (χ0) is 11.0. The van der Waals surface area contributed by atoms with Crippen LogP contribution in [0.5, 0.6) is 0 Å². The van der Waals surface area contributed by atoms with Gasteiger partial charge in [-0.25, -0.2) is 4.98 Å². The number of allylic oxidation sites excluding steroid dienone is 1. The maximum Gasteiger partial charge on any atom is 0.129 e. The lowest BCUT2D eigenvalue weighted by Gasteiger charge is -2.35. The Hall–Kier alpha value is -0.860. The van der Waals surface area contributed by atoms with Gasteiger partial charge >= 0.3 is 0 Å². The van der Waals surface area contributed by atoms with Crippen molar-refractivity contribution in [1.29, 1.82) is 0 Å². The van der Waals surface area contributed by atoms with E-state index in [1.165, 1.54) is 30.5 Å². The molecule has 2 atom stereocenters. The second-order valence-corrected chi connectivity index (χ2v) is 5.11. The monoisotopic (exact) mass is 234 g/mol. The molecule has 2 bridgehead atoms. The van der Waals surface area contributed by atoms with Crippen LogP contribution in [0.15, 0.2) is 24.4 Å². The van der Waals surface area contributed by atoms with Crippen molar-refractivity contribution >= 4 is 17.2 Å². The average molecular weight is 235 g/mol. The van der Waals surface area contributed by atoms with Gasteiger partial charge in [0, 0.05) is 12.7 Å². The minimum absolute atomic E-state index is 0.569. The number of hydrogen-bond donors (Lipinski definition) is 1. The molecule has 0 radical (unpaired) electrons. The zero-order valence-corrected chi connectivity index (χ0v) is 9.87. The average Bonchev–Trinajstić information content (AvgIpc) is 2.31. The van der Waals surface area contributed by atoms with E-state index in [9.17, 15) is 0 Å². The molecule has 2 heterocycles. The van der Waals surface area contributed by atoms with Crippen LogP contribution in [0, 0.1) is 11.8 Å². The minimum Gasteiger partial charge on any atom is -0.316 e. The van der Waals surface area contributed by atoms with Crippen molar-refractivity contribution in [3.63, 3.8) is 0 Å². The summed E-state index contributed by atoms with van der Waals surface area (Å²) >= 11 is 5.81. The summed E-state index contributed by atoms with van der Waals surface area (Å²) < 4.78 is 0. The predicted octanol–water partition coefficient (Wildman–Crippen LogP) is 2.75. The lowest BCUT2D eigenvalue weighted by atomic mass is 9.76. The van der Waals surface area contributed by atoms with Crippen molar-refractivity contribution in [1.82, 2.24) is 10.3 Å². The summed E-state index contributed by atoms with van der Waals surface area (Å²) in [7, 11) is 0. The van der Waals surface area contributed by atoms with E-state index >= 15 is 0 Å². The van der Waals surface area contributed by atoms with Gasteiger partial charge in [-0.3, -0.25) is 0 Å². The Bertz CT molecular complexity index is 410. The number of rotatable bonds is 1. The van der Waals surface area contributed by atoms with E-state index in [0.29, 0.717) is 11.1 Å². The van der Waals surface area contributed by atoms with Crippen LogP contribution in [0.3, 0.4) is 0 Å². The zero-order valence-electron chi connectivity index (χ0n) is 9.12. The van der Waals surface area contributed by atoms with Gasteiger partial charge < -0.3 is 5.32 Å². The van der Waals surface area contributed by atoms with Crippen molar-refractivity contribution in [2.45, 2.75) is 12.8 Å². The SMILES string of the molecule is Clc1ccc(C2=CCC3CNCC2C3)cn1. The number of fused-ring (bicyclic) bond motifs is 2. The number of pyridine rings is 1. The molecule has 0 spiro atoms. The molecule has 1 aromatic heterocycles. The Labute approximate surface area is 101 Å². The van der Waals surface area contributed by atoms with Gasteiger partial charge in [-0.05, 0) is 48.4 Å². The molecule has 2 nitrogen and oxygen atoms in total. The summed E-state index contributed by atoms with van der Waals surface area (Å²) in [5.41, 5.74) is 2.68. The second-order valence-electron chi connectivity index (χ2n) is 4.72. The molecule has 16 heavy (non-hydrogen) atoms. The summed E-state index contributed by atoms with van der Waals surface area (Å²) in [5, 5.41) is 4.08. The lowest BCUT2D eigenvalue weighted by Crippen LogP contribution is -2.38. The quantitative estimate of drug-likeness (QED) is 0.756. The van der Waals surface area contributed by atoms with Crippen molar-refractivity contribution in [3.05, 3.63) is 35.1 Å². The number of hydrogen-bond acceptors (Lipinski definition) is 2. The van der Waals surface area contributed by atoms with Crippen molar-refractivity contribution in [2.75, 3.05) is 13.1 Å². The Balaban J connectivity index is 1.91. The third-order valence-corrected chi connectivity index (χ3v) is 3.84. The summed E-state index contributed by atoms with van der Waals surface area (Å²) in [5.74, 6) is 1.50. The molecule has 1 saturated heterocycles. The van der Waals surface area contributed by atoms with Crippen molar-refractivity contribution < 1.29 is 0 Å². The molecule has 2 aliphatic rings. The topological polar surface area (TPSA) is 24.9 Å². The first-order chi connectivity index (χ1) is 7.83. The highest BCUT2D eigenvalue weighted by atomic mass is 35.5. The fourth-order valence-corrected chi connectivity index (χ4v) is 2.92. The number of halogens is 1. The van der Waals surface area contributed by atoms with Gasteiger partial charge in [0.1, 0.15) is 5.15 Å². The molecule has 1 fully saturated rings. The second kappa shape index (κ2) is 4.19. The van der Waals surface area contributed by atoms with Crippen LogP contribution in [0.25, 0.3) is 5.57 Å². The van der Waals surface area contributed by atoms with Gasteiger partial charge in [0.15, 0.2) is 0 Å². The van der Waals surface area contributed by atoms with Crippen LogP contribution < -0.4 is 5.32 Å². The number of aromatic nitrogens is 1. The van der Waals surface area contributed by atoms with E-state index in [4.69, 9.17) is 11.6 Å². The molecule has 84 valence electrons. The third kappa shape index (κ3) is 1.87. The molecule has 1 aliphatic heterocycles. The molecule has 2 unspecified atom stereocenters. The molecule has 1 N–H and O–H groups in total. The molecular weight excluding hydrogens is 220 g/mol. The Kier molecular flexibility index (Phi) is 2.70. The van der Waals surface area contributed by atoms with Crippen LogP contribution in [0.1, 0.15) is 18.4 Å². The number of nitrogens with zero attached hydrogens (tertiary/aromatic N) is 1. The Morgan fingerprint density at radius 2 is 2.25 bits per heavy atom. The standard InChI is InChI=1S/C13H15ClN2/c14-13-4-2-10(8-16-13)12-3-1-9-5-11(12)7-15-6-9/h2-4,8-9,11,15H,1,5-7H2. The van der Waals surface area contributed by atoms with Crippen LogP contribution in [0.4, 0.5) is 0 Å². The lowest BCUT2D eigenvalue weighted by molar-refractivity contribution is 0.320. The Morgan fingerprint density at radius 1 is 1.31 bits per heavy atom. The number of nitrogens with one attached hydrogen (secondary N) is 1.